The van der Waals surface area contributed by atoms with Crippen LogP contribution in [-0.4, -0.2) is 52.6 Å². The minimum atomic E-state index is -5.08. The van der Waals surface area contributed by atoms with Gasteiger partial charge in [0.2, 0.25) is 17.7 Å². The summed E-state index contributed by atoms with van der Waals surface area (Å²) in [5.41, 5.74) is 6.70. The van der Waals surface area contributed by atoms with Gasteiger partial charge in [0.05, 0.1) is 0 Å². The second kappa shape index (κ2) is 14.3. The van der Waals surface area contributed by atoms with Crippen LogP contribution in [0.1, 0.15) is 52.5 Å². The minimum absolute atomic E-state index is 0.0593. The standard InChI is InChI=1S/C24H34N4O3.C2HF3O2/c1-16(27-22(30)14-19(25)12-13-21(29)28-24(2,3)4)23(31)26-15-18-10-7-9-17-8-5-6-11-20(17)18;3-2(4,5)1(6)7/h5-11,16,19H,12-15,25H2,1-4H3,(H,26,31)(H,27,30)(H,28,29);(H,6,7)/t16-,19-;/m0./s1. The molecule has 2 rings (SSSR count). The van der Waals surface area contributed by atoms with Gasteiger partial charge in [-0.2, -0.15) is 13.2 Å². The molecule has 0 bridgehead atoms. The molecule has 0 aliphatic carbocycles. The second-order valence-electron chi connectivity index (χ2n) is 9.75. The summed E-state index contributed by atoms with van der Waals surface area (Å²) in [6.07, 6.45) is -4.37. The Labute approximate surface area is 219 Å². The maximum absolute atomic E-state index is 12.4. The Balaban J connectivity index is 0.000000905. The molecule has 0 heterocycles. The number of fused-ring (bicyclic) bond motifs is 1. The fourth-order valence-corrected chi connectivity index (χ4v) is 3.29. The number of carbonyl (C=O) groups is 4. The van der Waals surface area contributed by atoms with Crippen molar-refractivity contribution in [2.45, 2.75) is 77.3 Å². The fraction of sp³-hybridized carbons (Fsp3) is 0.462. The molecule has 0 aliphatic rings. The molecule has 0 saturated carbocycles. The second-order valence-corrected chi connectivity index (χ2v) is 9.75. The van der Waals surface area contributed by atoms with Gasteiger partial charge in [-0.15, -0.1) is 0 Å². The Bertz CT molecular complexity index is 1110. The normalized spacial score (nSPS) is 12.9. The molecule has 0 aliphatic heterocycles. The van der Waals surface area contributed by atoms with Crippen molar-refractivity contribution in [1.82, 2.24) is 16.0 Å². The zero-order valence-electron chi connectivity index (χ0n) is 21.8. The molecule has 9 nitrogen and oxygen atoms in total. The van der Waals surface area contributed by atoms with Crippen LogP contribution in [0.25, 0.3) is 10.8 Å². The van der Waals surface area contributed by atoms with Gasteiger partial charge in [-0.05, 0) is 50.5 Å². The topological polar surface area (TPSA) is 151 Å². The number of carboxylic acid groups (broad SMARTS) is 1. The molecule has 0 saturated heterocycles. The van der Waals surface area contributed by atoms with Gasteiger partial charge in [0, 0.05) is 31.0 Å². The highest BCUT2D eigenvalue weighted by Gasteiger charge is 2.38. The van der Waals surface area contributed by atoms with Gasteiger partial charge in [-0.25, -0.2) is 4.79 Å². The summed E-state index contributed by atoms with van der Waals surface area (Å²) in [5.74, 6) is -3.42. The van der Waals surface area contributed by atoms with Crippen molar-refractivity contribution in [2.75, 3.05) is 0 Å². The van der Waals surface area contributed by atoms with E-state index in [0.717, 1.165) is 16.3 Å². The zero-order chi connectivity index (χ0) is 29.1. The summed E-state index contributed by atoms with van der Waals surface area (Å²) in [6.45, 7) is 7.74. The lowest BCUT2D eigenvalue weighted by Gasteiger charge is -2.21. The van der Waals surface area contributed by atoms with Crippen LogP contribution in [0.5, 0.6) is 0 Å². The summed E-state index contributed by atoms with van der Waals surface area (Å²) >= 11 is 0. The Hall–Kier alpha value is -3.67. The average Bonchev–Trinajstić information content (AvgIpc) is 2.79. The molecule has 0 spiro atoms. The average molecular weight is 541 g/mol. The summed E-state index contributed by atoms with van der Waals surface area (Å²) in [4.78, 5) is 45.4. The Morgan fingerprint density at radius 3 is 2.13 bits per heavy atom. The molecule has 12 heteroatoms. The van der Waals surface area contributed by atoms with Crippen molar-refractivity contribution in [3.8, 4) is 0 Å². The quantitative estimate of drug-likeness (QED) is 0.330. The molecular weight excluding hydrogens is 505 g/mol. The SMILES string of the molecule is C[C@H](NC(=O)C[C@@H](N)CCC(=O)NC(C)(C)C)C(=O)NCc1cccc2ccccc12.O=C(O)C(F)(F)F. The van der Waals surface area contributed by atoms with E-state index in [1.807, 2.05) is 63.2 Å². The lowest BCUT2D eigenvalue weighted by molar-refractivity contribution is -0.192. The van der Waals surface area contributed by atoms with Crippen molar-refractivity contribution in [3.63, 3.8) is 0 Å². The number of nitrogens with two attached hydrogens (primary N) is 1. The van der Waals surface area contributed by atoms with E-state index in [1.165, 1.54) is 0 Å². The van der Waals surface area contributed by atoms with Crippen LogP contribution in [0.15, 0.2) is 42.5 Å². The Morgan fingerprint density at radius 2 is 1.55 bits per heavy atom. The molecule has 0 fully saturated rings. The number of aliphatic carboxylic acids is 1. The van der Waals surface area contributed by atoms with E-state index < -0.39 is 24.2 Å². The first-order valence-electron chi connectivity index (χ1n) is 11.9. The summed E-state index contributed by atoms with van der Waals surface area (Å²) < 4.78 is 31.7. The van der Waals surface area contributed by atoms with Gasteiger partial charge in [0.25, 0.3) is 0 Å². The number of alkyl halides is 3. The van der Waals surface area contributed by atoms with E-state index in [4.69, 9.17) is 15.6 Å². The van der Waals surface area contributed by atoms with Crippen molar-refractivity contribution in [3.05, 3.63) is 48.0 Å². The predicted octanol–water partition coefficient (Wildman–Crippen LogP) is 3.01. The minimum Gasteiger partial charge on any atom is -0.475 e. The third-order valence-corrected chi connectivity index (χ3v) is 5.05. The first-order valence-corrected chi connectivity index (χ1v) is 11.9. The van der Waals surface area contributed by atoms with Crippen molar-refractivity contribution >= 4 is 34.5 Å². The van der Waals surface area contributed by atoms with E-state index >= 15 is 0 Å². The Kier molecular flexibility index (Phi) is 12.2. The Morgan fingerprint density at radius 1 is 0.974 bits per heavy atom. The van der Waals surface area contributed by atoms with Gasteiger partial charge in [-0.1, -0.05) is 42.5 Å². The van der Waals surface area contributed by atoms with E-state index in [2.05, 4.69) is 16.0 Å². The summed E-state index contributed by atoms with van der Waals surface area (Å²) in [5, 5.41) is 17.7. The van der Waals surface area contributed by atoms with E-state index in [9.17, 15) is 27.6 Å². The van der Waals surface area contributed by atoms with E-state index in [0.29, 0.717) is 13.0 Å². The smallest absolute Gasteiger partial charge is 0.475 e. The fourth-order valence-electron chi connectivity index (χ4n) is 3.29. The van der Waals surface area contributed by atoms with E-state index in [1.54, 1.807) is 6.92 Å². The maximum atomic E-state index is 12.4. The molecule has 6 N–H and O–H groups in total. The van der Waals surface area contributed by atoms with E-state index in [-0.39, 0.29) is 36.1 Å². The summed E-state index contributed by atoms with van der Waals surface area (Å²) in [6, 6.07) is 12.8. The largest absolute Gasteiger partial charge is 0.490 e. The van der Waals surface area contributed by atoms with Gasteiger partial charge >= 0.3 is 12.1 Å². The number of amides is 3. The molecule has 0 radical (unpaired) electrons. The molecule has 0 aromatic heterocycles. The first kappa shape index (κ1) is 32.4. The monoisotopic (exact) mass is 540 g/mol. The molecule has 210 valence electrons. The van der Waals surface area contributed by atoms with Crippen LogP contribution in [0, 0.1) is 0 Å². The number of carbonyl (C=O) groups excluding carboxylic acids is 3. The van der Waals surface area contributed by atoms with Gasteiger partial charge in [0.15, 0.2) is 0 Å². The number of nitrogens with one attached hydrogen (secondary N) is 3. The molecule has 2 aromatic carbocycles. The van der Waals surface area contributed by atoms with Crippen LogP contribution in [-0.2, 0) is 25.7 Å². The molecule has 38 heavy (non-hydrogen) atoms. The van der Waals surface area contributed by atoms with Crippen LogP contribution in [0.4, 0.5) is 13.2 Å². The van der Waals surface area contributed by atoms with Crippen LogP contribution in [0.3, 0.4) is 0 Å². The highest BCUT2D eigenvalue weighted by atomic mass is 19.4. The number of benzene rings is 2. The molecule has 0 unspecified atom stereocenters. The van der Waals surface area contributed by atoms with Gasteiger partial charge < -0.3 is 26.8 Å². The molecule has 2 aromatic rings. The molecule has 2 atom stereocenters. The lowest BCUT2D eigenvalue weighted by atomic mass is 10.0. The van der Waals surface area contributed by atoms with Crippen LogP contribution >= 0.6 is 0 Å². The van der Waals surface area contributed by atoms with Gasteiger partial charge in [-0.3, -0.25) is 14.4 Å². The van der Waals surface area contributed by atoms with Crippen molar-refractivity contribution < 1.29 is 37.5 Å². The number of halogens is 3. The third-order valence-electron chi connectivity index (χ3n) is 5.05. The number of carboxylic acids is 1. The van der Waals surface area contributed by atoms with Crippen LogP contribution < -0.4 is 21.7 Å². The van der Waals surface area contributed by atoms with Crippen LogP contribution in [0.2, 0.25) is 0 Å². The number of hydrogen-bond acceptors (Lipinski definition) is 5. The predicted molar refractivity (Wildman–Crippen MR) is 137 cm³/mol. The molecule has 3 amide bonds. The van der Waals surface area contributed by atoms with Crippen molar-refractivity contribution in [1.29, 1.82) is 0 Å². The summed E-state index contributed by atoms with van der Waals surface area (Å²) in [7, 11) is 0. The lowest BCUT2D eigenvalue weighted by Crippen LogP contribution is -2.46. The first-order chi connectivity index (χ1) is 17.5. The number of rotatable bonds is 9. The highest BCUT2D eigenvalue weighted by Crippen LogP contribution is 2.18. The molecular formula is C26H35F3N4O5. The third kappa shape index (κ3) is 12.5. The van der Waals surface area contributed by atoms with Gasteiger partial charge in [0.1, 0.15) is 6.04 Å². The van der Waals surface area contributed by atoms with Crippen molar-refractivity contribution in [2.24, 2.45) is 5.73 Å². The number of hydrogen-bond donors (Lipinski definition) is 5. The zero-order valence-corrected chi connectivity index (χ0v) is 21.8. The highest BCUT2D eigenvalue weighted by molar-refractivity contribution is 5.89. The maximum Gasteiger partial charge on any atom is 0.490 e.